The van der Waals surface area contributed by atoms with Crippen LogP contribution >= 0.6 is 0 Å². The molecule has 2 N–H and O–H groups in total. The van der Waals surface area contributed by atoms with Crippen LogP contribution in [0.15, 0.2) is 30.3 Å². The molecule has 3 heteroatoms. The molecule has 0 fully saturated rings. The first-order valence-corrected chi connectivity index (χ1v) is 5.93. The van der Waals surface area contributed by atoms with E-state index in [4.69, 9.17) is 10.5 Å². The summed E-state index contributed by atoms with van der Waals surface area (Å²) >= 11 is 0. The van der Waals surface area contributed by atoms with Crippen molar-refractivity contribution in [2.75, 3.05) is 7.11 Å². The first-order chi connectivity index (χ1) is 8.06. The molecule has 0 heterocycles. The first kappa shape index (κ1) is 13.7. The highest BCUT2D eigenvalue weighted by Gasteiger charge is 2.24. The van der Waals surface area contributed by atoms with Crippen LogP contribution in [-0.2, 0) is 9.53 Å². The van der Waals surface area contributed by atoms with Crippen molar-refractivity contribution in [3.8, 4) is 0 Å². The van der Waals surface area contributed by atoms with Gasteiger partial charge in [-0.05, 0) is 17.9 Å². The van der Waals surface area contributed by atoms with Gasteiger partial charge in [0, 0.05) is 13.0 Å². The molecule has 0 saturated carbocycles. The van der Waals surface area contributed by atoms with Crippen molar-refractivity contribution in [2.45, 2.75) is 26.4 Å². The second kappa shape index (κ2) is 6.40. The molecule has 0 bridgehead atoms. The van der Waals surface area contributed by atoms with Gasteiger partial charge in [0.05, 0.1) is 6.10 Å². The van der Waals surface area contributed by atoms with Gasteiger partial charge in [-0.1, -0.05) is 44.2 Å². The van der Waals surface area contributed by atoms with E-state index < -0.39 is 0 Å². The quantitative estimate of drug-likeness (QED) is 0.823. The zero-order valence-electron chi connectivity index (χ0n) is 10.7. The Bertz CT molecular complexity index is 348. The van der Waals surface area contributed by atoms with Crippen LogP contribution in [0.5, 0.6) is 0 Å². The summed E-state index contributed by atoms with van der Waals surface area (Å²) in [6.07, 6.45) is 0.559. The lowest BCUT2D eigenvalue weighted by Gasteiger charge is -2.23. The predicted molar refractivity (Wildman–Crippen MR) is 68.3 cm³/mol. The molecule has 0 radical (unpaired) electrons. The standard InChI is InChI=1S/C14H21NO2/c1-10(2)12(14(15)16)9-13(17-3)11-7-5-4-6-8-11/h4-8,10,12-13H,9H2,1-3H3,(H2,15,16). The Labute approximate surface area is 103 Å². The smallest absolute Gasteiger partial charge is 0.220 e. The van der Waals surface area contributed by atoms with Gasteiger partial charge in [0.15, 0.2) is 0 Å². The summed E-state index contributed by atoms with van der Waals surface area (Å²) in [6, 6.07) is 9.91. The van der Waals surface area contributed by atoms with Gasteiger partial charge in [0.2, 0.25) is 5.91 Å². The van der Waals surface area contributed by atoms with E-state index >= 15 is 0 Å². The van der Waals surface area contributed by atoms with Gasteiger partial charge in [-0.25, -0.2) is 0 Å². The number of amides is 1. The molecule has 0 spiro atoms. The number of primary amides is 1. The third kappa shape index (κ3) is 3.86. The monoisotopic (exact) mass is 235 g/mol. The molecule has 94 valence electrons. The minimum atomic E-state index is -0.252. The zero-order chi connectivity index (χ0) is 12.8. The Morgan fingerprint density at radius 2 is 1.88 bits per heavy atom. The number of ether oxygens (including phenoxy) is 1. The fourth-order valence-corrected chi connectivity index (χ4v) is 1.98. The van der Waals surface area contributed by atoms with Crippen LogP contribution in [0.3, 0.4) is 0 Å². The summed E-state index contributed by atoms with van der Waals surface area (Å²) < 4.78 is 5.46. The van der Waals surface area contributed by atoms with E-state index in [2.05, 4.69) is 0 Å². The minimum absolute atomic E-state index is 0.0731. The highest BCUT2D eigenvalue weighted by Crippen LogP contribution is 2.28. The molecular formula is C14H21NO2. The summed E-state index contributed by atoms with van der Waals surface area (Å²) in [5.41, 5.74) is 6.51. The Morgan fingerprint density at radius 1 is 1.29 bits per heavy atom. The zero-order valence-corrected chi connectivity index (χ0v) is 10.7. The molecule has 0 aliphatic carbocycles. The van der Waals surface area contributed by atoms with Crippen molar-refractivity contribution in [1.29, 1.82) is 0 Å². The van der Waals surface area contributed by atoms with Crippen molar-refractivity contribution in [1.82, 2.24) is 0 Å². The van der Waals surface area contributed by atoms with Crippen LogP contribution in [0, 0.1) is 11.8 Å². The normalized spacial score (nSPS) is 14.6. The SMILES string of the molecule is COC(CC(C(N)=O)C(C)C)c1ccccc1. The third-order valence-corrected chi connectivity index (χ3v) is 3.09. The fraction of sp³-hybridized carbons (Fsp3) is 0.500. The number of rotatable bonds is 6. The van der Waals surface area contributed by atoms with Crippen LogP contribution in [0.25, 0.3) is 0 Å². The molecule has 1 amide bonds. The number of methoxy groups -OCH3 is 1. The second-order valence-electron chi connectivity index (χ2n) is 4.62. The number of nitrogens with two attached hydrogens (primary N) is 1. The highest BCUT2D eigenvalue weighted by molar-refractivity contribution is 5.76. The van der Waals surface area contributed by atoms with E-state index in [-0.39, 0.29) is 23.8 Å². The number of hydrogen-bond donors (Lipinski definition) is 1. The number of benzene rings is 1. The summed E-state index contributed by atoms with van der Waals surface area (Å²) in [5.74, 6) is -0.174. The van der Waals surface area contributed by atoms with Gasteiger partial charge in [-0.15, -0.1) is 0 Å². The molecule has 0 aliphatic heterocycles. The maximum atomic E-state index is 11.4. The molecule has 2 atom stereocenters. The Morgan fingerprint density at radius 3 is 2.29 bits per heavy atom. The molecule has 1 aromatic carbocycles. The molecule has 0 saturated heterocycles. The molecule has 1 aromatic rings. The van der Waals surface area contributed by atoms with Gasteiger partial charge in [0.25, 0.3) is 0 Å². The minimum Gasteiger partial charge on any atom is -0.377 e. The Hall–Kier alpha value is -1.35. The van der Waals surface area contributed by atoms with Gasteiger partial charge in [-0.2, -0.15) is 0 Å². The lowest BCUT2D eigenvalue weighted by Crippen LogP contribution is -2.29. The van der Waals surface area contributed by atoms with Crippen molar-refractivity contribution >= 4 is 5.91 Å². The third-order valence-electron chi connectivity index (χ3n) is 3.09. The largest absolute Gasteiger partial charge is 0.377 e. The van der Waals surface area contributed by atoms with E-state index in [0.29, 0.717) is 6.42 Å². The van der Waals surface area contributed by atoms with Crippen molar-refractivity contribution in [3.05, 3.63) is 35.9 Å². The summed E-state index contributed by atoms with van der Waals surface area (Å²) in [7, 11) is 1.66. The van der Waals surface area contributed by atoms with E-state index in [9.17, 15) is 4.79 Å². The van der Waals surface area contributed by atoms with E-state index in [1.807, 2.05) is 44.2 Å². The number of hydrogen-bond acceptors (Lipinski definition) is 2. The van der Waals surface area contributed by atoms with E-state index in [1.165, 1.54) is 0 Å². The number of carbonyl (C=O) groups excluding carboxylic acids is 1. The number of carbonyl (C=O) groups is 1. The maximum absolute atomic E-state index is 11.4. The van der Waals surface area contributed by atoms with Gasteiger partial charge < -0.3 is 10.5 Å². The second-order valence-corrected chi connectivity index (χ2v) is 4.62. The van der Waals surface area contributed by atoms with E-state index in [0.717, 1.165) is 5.56 Å². The molecular weight excluding hydrogens is 214 g/mol. The molecule has 17 heavy (non-hydrogen) atoms. The van der Waals surface area contributed by atoms with Gasteiger partial charge >= 0.3 is 0 Å². The Balaban J connectivity index is 2.79. The molecule has 0 aliphatic rings. The van der Waals surface area contributed by atoms with Crippen molar-refractivity contribution in [2.24, 2.45) is 17.6 Å². The summed E-state index contributed by atoms with van der Waals surface area (Å²) in [5, 5.41) is 0. The van der Waals surface area contributed by atoms with Gasteiger partial charge in [0.1, 0.15) is 0 Å². The van der Waals surface area contributed by atoms with Crippen LogP contribution in [0.2, 0.25) is 0 Å². The van der Waals surface area contributed by atoms with E-state index in [1.54, 1.807) is 7.11 Å². The maximum Gasteiger partial charge on any atom is 0.220 e. The molecule has 2 unspecified atom stereocenters. The fourth-order valence-electron chi connectivity index (χ4n) is 1.98. The topological polar surface area (TPSA) is 52.3 Å². The molecule has 0 aromatic heterocycles. The average molecular weight is 235 g/mol. The average Bonchev–Trinajstić information content (AvgIpc) is 2.30. The molecule has 1 rings (SSSR count). The Kier molecular flexibility index (Phi) is 5.16. The summed E-state index contributed by atoms with van der Waals surface area (Å²) in [4.78, 5) is 11.4. The van der Waals surface area contributed by atoms with Crippen molar-refractivity contribution in [3.63, 3.8) is 0 Å². The molecule has 3 nitrogen and oxygen atoms in total. The lowest BCUT2D eigenvalue weighted by atomic mass is 9.87. The predicted octanol–water partition coefficient (Wildman–Crippen LogP) is 2.52. The summed E-state index contributed by atoms with van der Waals surface area (Å²) in [6.45, 7) is 4.01. The highest BCUT2D eigenvalue weighted by atomic mass is 16.5. The van der Waals surface area contributed by atoms with Crippen LogP contribution < -0.4 is 5.73 Å². The van der Waals surface area contributed by atoms with Crippen LogP contribution in [0.1, 0.15) is 31.9 Å². The van der Waals surface area contributed by atoms with Crippen LogP contribution in [-0.4, -0.2) is 13.0 Å². The van der Waals surface area contributed by atoms with Crippen molar-refractivity contribution < 1.29 is 9.53 Å². The van der Waals surface area contributed by atoms with Crippen LogP contribution in [0.4, 0.5) is 0 Å². The van der Waals surface area contributed by atoms with Gasteiger partial charge in [-0.3, -0.25) is 4.79 Å². The lowest BCUT2D eigenvalue weighted by molar-refractivity contribution is -0.124. The first-order valence-electron chi connectivity index (χ1n) is 5.93.